The van der Waals surface area contributed by atoms with Gasteiger partial charge in [-0.2, -0.15) is 0 Å². The Kier molecular flexibility index (Phi) is 10.4. The van der Waals surface area contributed by atoms with E-state index < -0.39 is 61.7 Å². The van der Waals surface area contributed by atoms with Gasteiger partial charge in [0, 0.05) is 23.6 Å². The van der Waals surface area contributed by atoms with E-state index in [0.717, 1.165) is 0 Å². The van der Waals surface area contributed by atoms with Gasteiger partial charge in [-0.1, -0.05) is 19.7 Å². The molecule has 0 unspecified atom stereocenters. The van der Waals surface area contributed by atoms with Crippen LogP contribution in [0.4, 0.5) is 0 Å². The molecule has 0 aliphatic carbocycles. The molecule has 0 bridgehead atoms. The molecular weight excluding hydrogens is 380 g/mol. The number of aliphatic hydroxyl groups is 3. The normalized spacial score (nSPS) is 11.0. The van der Waals surface area contributed by atoms with Crippen molar-refractivity contribution in [1.29, 1.82) is 0 Å². The molecule has 11 nitrogen and oxygen atoms in total. The third-order valence-corrected chi connectivity index (χ3v) is 3.33. The van der Waals surface area contributed by atoms with Crippen LogP contribution in [0.3, 0.4) is 0 Å². The first-order valence-electron chi connectivity index (χ1n) is 7.74. The number of esters is 4. The zero-order chi connectivity index (χ0) is 21.8. The second kappa shape index (κ2) is 11.6. The van der Waals surface area contributed by atoms with Crippen LogP contribution in [0, 0.1) is 5.41 Å². The van der Waals surface area contributed by atoms with E-state index in [9.17, 15) is 34.5 Å². The minimum Gasteiger partial charge on any atom is -0.457 e. The van der Waals surface area contributed by atoms with E-state index in [4.69, 9.17) is 4.74 Å². The maximum absolute atomic E-state index is 12.4. The van der Waals surface area contributed by atoms with Crippen molar-refractivity contribution in [2.75, 3.05) is 26.4 Å². The van der Waals surface area contributed by atoms with Gasteiger partial charge in [-0.15, -0.1) is 0 Å². The SMILES string of the molecule is C=CC(=O)OC(OC(=O)C=C)(OC(=O)C=C)C(=O)OCCC(CO)(CO)CO. The van der Waals surface area contributed by atoms with Crippen LogP contribution in [-0.4, -0.2) is 71.6 Å². The number of rotatable bonds is 13. The van der Waals surface area contributed by atoms with Gasteiger partial charge in [-0.3, -0.25) is 0 Å². The molecule has 0 radical (unpaired) electrons. The van der Waals surface area contributed by atoms with Crippen LogP contribution in [-0.2, 0) is 38.1 Å². The summed E-state index contributed by atoms with van der Waals surface area (Å²) in [6, 6.07) is 0. The van der Waals surface area contributed by atoms with Crippen LogP contribution in [0.25, 0.3) is 0 Å². The Balaban J connectivity index is 5.67. The fourth-order valence-electron chi connectivity index (χ4n) is 1.55. The van der Waals surface area contributed by atoms with Crippen molar-refractivity contribution in [2.45, 2.75) is 12.4 Å². The molecule has 0 amide bonds. The van der Waals surface area contributed by atoms with E-state index in [1.807, 2.05) is 0 Å². The molecule has 11 heteroatoms. The number of hydrogen-bond acceptors (Lipinski definition) is 11. The Bertz CT molecular complexity index is 555. The fraction of sp³-hybridized carbons (Fsp3) is 0.412. The summed E-state index contributed by atoms with van der Waals surface area (Å²) >= 11 is 0. The van der Waals surface area contributed by atoms with E-state index in [2.05, 4.69) is 33.9 Å². The topological polar surface area (TPSA) is 166 Å². The zero-order valence-corrected chi connectivity index (χ0v) is 15.0. The molecule has 0 fully saturated rings. The molecule has 156 valence electrons. The molecule has 0 aromatic rings. The van der Waals surface area contributed by atoms with Gasteiger partial charge in [0.1, 0.15) is 0 Å². The summed E-state index contributed by atoms with van der Waals surface area (Å²) in [5.41, 5.74) is -1.38. The lowest BCUT2D eigenvalue weighted by Gasteiger charge is -2.29. The van der Waals surface area contributed by atoms with Crippen LogP contribution >= 0.6 is 0 Å². The maximum Gasteiger partial charge on any atom is 0.530 e. The summed E-state index contributed by atoms with van der Waals surface area (Å²) < 4.78 is 18.6. The molecule has 0 aliphatic rings. The lowest BCUT2D eigenvalue weighted by atomic mass is 9.88. The molecule has 0 aromatic heterocycles. The molecule has 0 saturated carbocycles. The van der Waals surface area contributed by atoms with Crippen molar-refractivity contribution in [3.63, 3.8) is 0 Å². The fourth-order valence-corrected chi connectivity index (χ4v) is 1.55. The van der Waals surface area contributed by atoms with Crippen LogP contribution in [0.2, 0.25) is 0 Å². The second-order valence-electron chi connectivity index (χ2n) is 5.29. The maximum atomic E-state index is 12.4. The van der Waals surface area contributed by atoms with Crippen molar-refractivity contribution < 1.29 is 53.4 Å². The highest BCUT2D eigenvalue weighted by molar-refractivity contribution is 5.92. The summed E-state index contributed by atoms with van der Waals surface area (Å²) in [6.45, 7) is 6.85. The predicted octanol–water partition coefficient (Wildman–Crippen LogP) is -1.28. The molecule has 0 saturated heterocycles. The van der Waals surface area contributed by atoms with Crippen molar-refractivity contribution in [2.24, 2.45) is 5.41 Å². The molecule has 3 N–H and O–H groups in total. The predicted molar refractivity (Wildman–Crippen MR) is 90.9 cm³/mol. The second-order valence-corrected chi connectivity index (χ2v) is 5.29. The number of hydrogen-bond donors (Lipinski definition) is 3. The average Bonchev–Trinajstić information content (AvgIpc) is 2.70. The Morgan fingerprint density at radius 1 is 0.750 bits per heavy atom. The summed E-state index contributed by atoms with van der Waals surface area (Å²) in [5, 5.41) is 27.8. The monoisotopic (exact) mass is 402 g/mol. The first-order chi connectivity index (χ1) is 13.2. The van der Waals surface area contributed by atoms with Gasteiger partial charge in [0.25, 0.3) is 0 Å². The Labute approximate surface area is 160 Å². The molecular formula is C17H22O11. The molecule has 0 spiro atoms. The molecule has 0 atom stereocenters. The quantitative estimate of drug-likeness (QED) is 0.191. The third kappa shape index (κ3) is 6.95. The van der Waals surface area contributed by atoms with Crippen LogP contribution < -0.4 is 0 Å². The van der Waals surface area contributed by atoms with Gasteiger partial charge in [-0.25, -0.2) is 19.2 Å². The molecule has 0 rings (SSSR count). The van der Waals surface area contributed by atoms with E-state index in [0.29, 0.717) is 18.2 Å². The molecule has 0 aliphatic heterocycles. The van der Waals surface area contributed by atoms with Gasteiger partial charge < -0.3 is 34.3 Å². The third-order valence-electron chi connectivity index (χ3n) is 3.33. The van der Waals surface area contributed by atoms with Gasteiger partial charge >= 0.3 is 29.9 Å². The summed E-state index contributed by atoms with van der Waals surface area (Å²) in [5.74, 6) is -8.80. The Morgan fingerprint density at radius 3 is 1.39 bits per heavy atom. The highest BCUT2D eigenvalue weighted by Crippen LogP contribution is 2.23. The van der Waals surface area contributed by atoms with E-state index >= 15 is 0 Å². The van der Waals surface area contributed by atoms with Crippen molar-refractivity contribution in [3.05, 3.63) is 38.0 Å². The standard InChI is InChI=1S/C17H22O11/c1-4-12(21)26-17(27-13(22)5-2,28-14(23)6-3)15(24)25-8-7-16(9-18,10-19)11-20/h4-6,18-20H,1-3,7-11H2. The number of carbonyl (C=O) groups is 4. The molecule has 0 heterocycles. The van der Waals surface area contributed by atoms with Crippen LogP contribution in [0.5, 0.6) is 0 Å². The van der Waals surface area contributed by atoms with Gasteiger partial charge in [-0.05, 0) is 6.42 Å². The van der Waals surface area contributed by atoms with Crippen LogP contribution in [0.1, 0.15) is 6.42 Å². The van der Waals surface area contributed by atoms with E-state index in [1.54, 1.807) is 0 Å². The molecule has 0 aromatic carbocycles. The summed E-state index contributed by atoms with van der Waals surface area (Å²) in [6.07, 6.45) is 1.55. The Hall–Kier alpha value is -3.02. The summed E-state index contributed by atoms with van der Waals surface area (Å²) in [7, 11) is 0. The summed E-state index contributed by atoms with van der Waals surface area (Å²) in [4.78, 5) is 47.1. The molecule has 28 heavy (non-hydrogen) atoms. The smallest absolute Gasteiger partial charge is 0.457 e. The average molecular weight is 402 g/mol. The van der Waals surface area contributed by atoms with Gasteiger partial charge in [0.15, 0.2) is 0 Å². The zero-order valence-electron chi connectivity index (χ0n) is 15.0. The van der Waals surface area contributed by atoms with Crippen molar-refractivity contribution in [1.82, 2.24) is 0 Å². The highest BCUT2D eigenvalue weighted by Gasteiger charge is 2.53. The van der Waals surface area contributed by atoms with Crippen molar-refractivity contribution >= 4 is 23.9 Å². The highest BCUT2D eigenvalue weighted by atomic mass is 16.9. The minimum atomic E-state index is -3.26. The first kappa shape index (κ1) is 25.0. The number of carbonyl (C=O) groups excluding carboxylic acids is 4. The number of ether oxygens (including phenoxy) is 4. The lowest BCUT2D eigenvalue weighted by Crippen LogP contribution is -2.51. The lowest BCUT2D eigenvalue weighted by molar-refractivity contribution is -0.317. The number of aliphatic hydroxyl groups excluding tert-OH is 3. The van der Waals surface area contributed by atoms with E-state index in [-0.39, 0.29) is 6.42 Å². The van der Waals surface area contributed by atoms with E-state index in [1.165, 1.54) is 0 Å². The Morgan fingerprint density at radius 2 is 1.11 bits per heavy atom. The van der Waals surface area contributed by atoms with Gasteiger partial charge in [0.2, 0.25) is 0 Å². The largest absolute Gasteiger partial charge is 0.530 e. The van der Waals surface area contributed by atoms with Crippen molar-refractivity contribution in [3.8, 4) is 0 Å². The van der Waals surface area contributed by atoms with Gasteiger partial charge in [0.05, 0.1) is 26.4 Å². The first-order valence-corrected chi connectivity index (χ1v) is 7.74. The minimum absolute atomic E-state index is 0.238. The van der Waals surface area contributed by atoms with Crippen LogP contribution in [0.15, 0.2) is 38.0 Å².